The minimum Gasteiger partial charge on any atom is -0.493 e. The van der Waals surface area contributed by atoms with E-state index in [1.54, 1.807) is 0 Å². The number of nitrogens with zero attached hydrogens (tertiary/aromatic N) is 1. The van der Waals surface area contributed by atoms with E-state index in [-0.39, 0.29) is 27.5 Å². The van der Waals surface area contributed by atoms with Crippen LogP contribution in [0, 0.1) is 0 Å². The number of ether oxygens (including phenoxy) is 3. The third-order valence-corrected chi connectivity index (χ3v) is 6.34. The number of carbonyl (C=O) groups excluding carboxylic acids is 3. The van der Waals surface area contributed by atoms with Crippen molar-refractivity contribution in [3.8, 4) is 17.2 Å². The van der Waals surface area contributed by atoms with Gasteiger partial charge in [0.05, 0.1) is 32.8 Å². The molecule has 2 rings (SSSR count). The molecule has 2 aromatic carbocycles. The fraction of sp³-hybridized carbons (Fsp3) is 0.286. The Hall–Kier alpha value is -3.84. The molecule has 3 N–H and O–H groups in total. The van der Waals surface area contributed by atoms with Crippen LogP contribution in [0.25, 0.3) is 0 Å². The second-order valence-electron chi connectivity index (χ2n) is 6.91. The van der Waals surface area contributed by atoms with E-state index >= 15 is 0 Å². The smallest absolute Gasteiger partial charge is 0.269 e. The van der Waals surface area contributed by atoms with Crippen molar-refractivity contribution in [1.29, 1.82) is 0 Å². The third-order valence-electron chi connectivity index (χ3n) is 4.53. The van der Waals surface area contributed by atoms with Gasteiger partial charge in [-0.25, -0.2) is 12.7 Å². The van der Waals surface area contributed by atoms with Gasteiger partial charge in [0.25, 0.3) is 17.7 Å². The van der Waals surface area contributed by atoms with Gasteiger partial charge in [-0.3, -0.25) is 25.2 Å². The van der Waals surface area contributed by atoms with Gasteiger partial charge in [0, 0.05) is 25.2 Å². The zero-order valence-corrected chi connectivity index (χ0v) is 20.1. The van der Waals surface area contributed by atoms with Crippen LogP contribution in [0.3, 0.4) is 0 Å². The highest BCUT2D eigenvalue weighted by Gasteiger charge is 2.20. The first kappa shape index (κ1) is 26.4. The summed E-state index contributed by atoms with van der Waals surface area (Å²) in [6, 6.07) is 8.18. The van der Waals surface area contributed by atoms with Crippen molar-refractivity contribution in [3.63, 3.8) is 0 Å². The molecular weight excluding hydrogens is 468 g/mol. The molecule has 0 radical (unpaired) electrons. The Balaban J connectivity index is 1.98. The number of hydrogen-bond donors (Lipinski definition) is 3. The van der Waals surface area contributed by atoms with Gasteiger partial charge in [-0.2, -0.15) is 0 Å². The fourth-order valence-electron chi connectivity index (χ4n) is 2.73. The summed E-state index contributed by atoms with van der Waals surface area (Å²) in [5.41, 5.74) is 4.49. The summed E-state index contributed by atoms with van der Waals surface area (Å²) in [5.74, 6) is -1.21. The lowest BCUT2D eigenvalue weighted by Crippen LogP contribution is -2.46. The van der Waals surface area contributed by atoms with Crippen LogP contribution in [0.2, 0.25) is 0 Å². The first-order valence-corrected chi connectivity index (χ1v) is 11.2. The van der Waals surface area contributed by atoms with Gasteiger partial charge in [0.2, 0.25) is 15.8 Å². The number of hydrogen-bond acceptors (Lipinski definition) is 8. The van der Waals surface area contributed by atoms with E-state index in [0.717, 1.165) is 4.31 Å². The predicted octanol–water partition coefficient (Wildman–Crippen LogP) is 0.154. The molecule has 0 aromatic heterocycles. The van der Waals surface area contributed by atoms with E-state index < -0.39 is 34.3 Å². The predicted molar refractivity (Wildman–Crippen MR) is 121 cm³/mol. The molecule has 12 nitrogen and oxygen atoms in total. The Bertz CT molecular complexity index is 1160. The molecule has 0 bridgehead atoms. The minimum atomic E-state index is -3.73. The summed E-state index contributed by atoms with van der Waals surface area (Å²) in [6.07, 6.45) is 0. The van der Waals surface area contributed by atoms with Crippen molar-refractivity contribution in [3.05, 3.63) is 47.5 Å². The second kappa shape index (κ2) is 11.3. The highest BCUT2D eigenvalue weighted by atomic mass is 32.2. The van der Waals surface area contributed by atoms with Gasteiger partial charge >= 0.3 is 0 Å². The van der Waals surface area contributed by atoms with Gasteiger partial charge in [-0.1, -0.05) is 6.07 Å². The lowest BCUT2D eigenvalue weighted by atomic mass is 10.1. The highest BCUT2D eigenvalue weighted by Crippen LogP contribution is 2.38. The molecule has 2 aromatic rings. The van der Waals surface area contributed by atoms with Crippen LogP contribution < -0.4 is 30.4 Å². The molecular formula is C21H26N4O8S. The number of hydrazine groups is 1. The lowest BCUT2D eigenvalue weighted by Gasteiger charge is -2.14. The van der Waals surface area contributed by atoms with Crippen LogP contribution in [-0.4, -0.2) is 72.4 Å². The second-order valence-corrected chi connectivity index (χ2v) is 9.07. The lowest BCUT2D eigenvalue weighted by molar-refractivity contribution is -0.120. The Kier molecular flexibility index (Phi) is 8.81. The number of carbonyl (C=O) groups is 3. The molecule has 0 spiro atoms. The normalized spacial score (nSPS) is 10.9. The van der Waals surface area contributed by atoms with Gasteiger partial charge in [0.15, 0.2) is 11.5 Å². The van der Waals surface area contributed by atoms with Crippen LogP contribution in [0.1, 0.15) is 20.7 Å². The molecule has 0 aliphatic heterocycles. The molecule has 184 valence electrons. The van der Waals surface area contributed by atoms with E-state index in [4.69, 9.17) is 14.2 Å². The zero-order chi connectivity index (χ0) is 25.5. The van der Waals surface area contributed by atoms with Crippen molar-refractivity contribution >= 4 is 27.7 Å². The Morgan fingerprint density at radius 3 is 2.00 bits per heavy atom. The Labute approximate surface area is 197 Å². The molecule has 0 aliphatic carbocycles. The first-order chi connectivity index (χ1) is 16.0. The fourth-order valence-corrected chi connectivity index (χ4v) is 3.67. The van der Waals surface area contributed by atoms with Gasteiger partial charge in [-0.05, 0) is 30.3 Å². The van der Waals surface area contributed by atoms with Crippen LogP contribution >= 0.6 is 0 Å². The van der Waals surface area contributed by atoms with Crippen molar-refractivity contribution in [2.24, 2.45) is 0 Å². The van der Waals surface area contributed by atoms with Crippen LogP contribution in [-0.2, 0) is 14.8 Å². The molecule has 34 heavy (non-hydrogen) atoms. The summed E-state index contributed by atoms with van der Waals surface area (Å²) in [5, 5.41) is 2.40. The quantitative estimate of drug-likeness (QED) is 0.417. The zero-order valence-electron chi connectivity index (χ0n) is 19.3. The van der Waals surface area contributed by atoms with Crippen molar-refractivity contribution in [2.45, 2.75) is 4.90 Å². The SMILES string of the molecule is COc1cc(C(=O)NCC(=O)NNC(=O)c2cccc(S(=O)(=O)N(C)C)c2)cc(OC)c1OC. The minimum absolute atomic E-state index is 0.0182. The molecule has 0 heterocycles. The van der Waals surface area contributed by atoms with Crippen LogP contribution in [0.15, 0.2) is 41.3 Å². The molecule has 13 heteroatoms. The molecule has 0 aliphatic rings. The Morgan fingerprint density at radius 1 is 0.853 bits per heavy atom. The van der Waals surface area contributed by atoms with Crippen molar-refractivity contribution in [2.75, 3.05) is 42.0 Å². The molecule has 0 atom stereocenters. The summed E-state index contributed by atoms with van der Waals surface area (Å²) < 4.78 is 41.0. The molecule has 0 unspecified atom stereocenters. The maximum Gasteiger partial charge on any atom is 0.269 e. The third kappa shape index (κ3) is 6.14. The molecule has 0 saturated heterocycles. The highest BCUT2D eigenvalue weighted by molar-refractivity contribution is 7.89. The average Bonchev–Trinajstić information content (AvgIpc) is 2.84. The maximum atomic E-state index is 12.4. The number of nitrogens with one attached hydrogen (secondary N) is 3. The summed E-state index contributed by atoms with van der Waals surface area (Å²) in [6.45, 7) is -0.454. The van der Waals surface area contributed by atoms with Gasteiger partial charge in [-0.15, -0.1) is 0 Å². The van der Waals surface area contributed by atoms with Crippen molar-refractivity contribution in [1.82, 2.24) is 20.5 Å². The van der Waals surface area contributed by atoms with Crippen LogP contribution in [0.4, 0.5) is 0 Å². The number of rotatable bonds is 9. The first-order valence-electron chi connectivity index (χ1n) is 9.75. The summed E-state index contributed by atoms with van der Waals surface area (Å²) in [4.78, 5) is 36.7. The van der Waals surface area contributed by atoms with E-state index in [9.17, 15) is 22.8 Å². The number of amides is 3. The summed E-state index contributed by atoms with van der Waals surface area (Å²) in [7, 11) is 3.24. The number of methoxy groups -OCH3 is 3. The largest absolute Gasteiger partial charge is 0.493 e. The molecule has 3 amide bonds. The van der Waals surface area contributed by atoms with Gasteiger partial charge < -0.3 is 19.5 Å². The average molecular weight is 495 g/mol. The number of sulfonamides is 1. The van der Waals surface area contributed by atoms with E-state index in [2.05, 4.69) is 16.2 Å². The summed E-state index contributed by atoms with van der Waals surface area (Å²) >= 11 is 0. The van der Waals surface area contributed by atoms with E-state index in [1.165, 1.54) is 71.8 Å². The maximum absolute atomic E-state index is 12.4. The Morgan fingerprint density at radius 2 is 1.47 bits per heavy atom. The molecule has 0 saturated carbocycles. The molecule has 0 fully saturated rings. The van der Waals surface area contributed by atoms with E-state index in [0.29, 0.717) is 5.75 Å². The number of benzene rings is 2. The van der Waals surface area contributed by atoms with Gasteiger partial charge in [0.1, 0.15) is 0 Å². The monoisotopic (exact) mass is 494 g/mol. The van der Waals surface area contributed by atoms with Crippen LogP contribution in [0.5, 0.6) is 17.2 Å². The standard InChI is InChI=1S/C21H26N4O8S/c1-25(2)34(29,30)15-8-6-7-13(9-15)21(28)24-23-18(26)12-22-20(27)14-10-16(31-3)19(33-5)17(11-14)32-4/h6-11H,12H2,1-5H3,(H,22,27)(H,23,26)(H,24,28). The topological polar surface area (TPSA) is 152 Å². The van der Waals surface area contributed by atoms with E-state index in [1.807, 2.05) is 0 Å². The van der Waals surface area contributed by atoms with Crippen molar-refractivity contribution < 1.29 is 37.0 Å².